The molecule has 0 unspecified atom stereocenters. The number of benzene rings is 1. The van der Waals surface area contributed by atoms with Gasteiger partial charge in [-0.05, 0) is 12.5 Å². The molecule has 1 aromatic heterocycles. The summed E-state index contributed by atoms with van der Waals surface area (Å²) < 4.78 is 6.26. The normalized spacial score (nSPS) is 10.2. The Labute approximate surface area is 153 Å². The number of hydrogen-bond donors (Lipinski definition) is 2. The lowest BCUT2D eigenvalue weighted by molar-refractivity contribution is -0.148. The number of aryl methyl sites for hydroxylation is 1. The summed E-state index contributed by atoms with van der Waals surface area (Å²) in [4.78, 5) is 46.2. The molecule has 2 rings (SSSR count). The molecule has 138 valence electrons. The van der Waals surface area contributed by atoms with E-state index in [1.807, 2.05) is 30.3 Å². The van der Waals surface area contributed by atoms with Gasteiger partial charge in [0.25, 0.3) is 5.91 Å². The second-order valence-electron chi connectivity index (χ2n) is 5.42. The number of amides is 3. The van der Waals surface area contributed by atoms with Crippen LogP contribution in [0.4, 0.5) is 4.79 Å². The number of nitrogens with zero attached hydrogens (tertiary/aromatic N) is 1. The highest BCUT2D eigenvalue weighted by molar-refractivity contribution is 7.07. The van der Waals surface area contributed by atoms with E-state index in [4.69, 9.17) is 4.74 Å². The van der Waals surface area contributed by atoms with Crippen LogP contribution in [0.25, 0.3) is 0 Å². The number of hydrogen-bond acceptors (Lipinski definition) is 6. The van der Waals surface area contributed by atoms with Gasteiger partial charge >= 0.3 is 16.9 Å². The molecule has 0 atom stereocenters. The van der Waals surface area contributed by atoms with Crippen LogP contribution in [0.3, 0.4) is 0 Å². The zero-order valence-corrected chi connectivity index (χ0v) is 15.0. The van der Waals surface area contributed by atoms with Gasteiger partial charge in [-0.25, -0.2) is 4.79 Å². The van der Waals surface area contributed by atoms with Crippen molar-refractivity contribution in [2.45, 2.75) is 26.4 Å². The van der Waals surface area contributed by atoms with E-state index in [-0.39, 0.29) is 24.4 Å². The Balaban J connectivity index is 1.65. The molecule has 0 radical (unpaired) electrons. The second-order valence-corrected chi connectivity index (χ2v) is 6.24. The maximum Gasteiger partial charge on any atom is 0.321 e. The van der Waals surface area contributed by atoms with Crippen LogP contribution in [0.5, 0.6) is 0 Å². The molecule has 9 heteroatoms. The number of urea groups is 1. The molecule has 1 heterocycles. The monoisotopic (exact) mass is 377 g/mol. The van der Waals surface area contributed by atoms with Crippen molar-refractivity contribution in [3.8, 4) is 0 Å². The molecule has 1 aromatic carbocycles. The minimum absolute atomic E-state index is 0.0367. The lowest BCUT2D eigenvalue weighted by Gasteiger charge is -2.08. The summed E-state index contributed by atoms with van der Waals surface area (Å²) in [6.45, 7) is 1.67. The van der Waals surface area contributed by atoms with Gasteiger partial charge in [-0.15, -0.1) is 0 Å². The average Bonchev–Trinajstić information content (AvgIpc) is 2.95. The van der Waals surface area contributed by atoms with Crippen molar-refractivity contribution in [3.63, 3.8) is 0 Å². The molecule has 0 bridgehead atoms. The van der Waals surface area contributed by atoms with Crippen LogP contribution in [0, 0.1) is 6.92 Å². The summed E-state index contributed by atoms with van der Waals surface area (Å²) in [5.74, 6) is -1.35. The van der Waals surface area contributed by atoms with Crippen LogP contribution >= 0.6 is 11.3 Å². The maximum absolute atomic E-state index is 11.6. The van der Waals surface area contributed by atoms with Gasteiger partial charge in [0.2, 0.25) is 0 Å². The third-order valence-corrected chi connectivity index (χ3v) is 4.31. The fraction of sp³-hybridized carbons (Fsp3) is 0.294. The molecule has 26 heavy (non-hydrogen) atoms. The summed E-state index contributed by atoms with van der Waals surface area (Å²) in [5.41, 5.74) is 1.65. The van der Waals surface area contributed by atoms with E-state index in [1.165, 1.54) is 4.57 Å². The molecule has 0 spiro atoms. The quantitative estimate of drug-likeness (QED) is 0.705. The number of carbonyl (C=O) groups excluding carboxylic acids is 3. The van der Waals surface area contributed by atoms with E-state index < -0.39 is 24.5 Å². The van der Waals surface area contributed by atoms with Crippen LogP contribution < -0.4 is 15.5 Å². The molecule has 2 aromatic rings. The van der Waals surface area contributed by atoms with E-state index in [1.54, 1.807) is 12.3 Å². The first kappa shape index (κ1) is 19.4. The van der Waals surface area contributed by atoms with Crippen molar-refractivity contribution in [2.24, 2.45) is 0 Å². The topological polar surface area (TPSA) is 106 Å². The lowest BCUT2D eigenvalue weighted by Crippen LogP contribution is -2.41. The number of esters is 1. The maximum atomic E-state index is 11.6. The number of carbonyl (C=O) groups is 3. The first-order valence-electron chi connectivity index (χ1n) is 7.88. The molecule has 0 aliphatic carbocycles. The second kappa shape index (κ2) is 9.52. The Bertz CT molecular complexity index is 828. The predicted molar refractivity (Wildman–Crippen MR) is 95.7 cm³/mol. The number of rotatable bonds is 7. The standard InChI is InChI=1S/C17H19N3O5S/c1-12-11-26-17(24)20(12)8-7-15(22)25-10-14(21)19-16(23)18-9-13-5-3-2-4-6-13/h2-6,11H,7-10H2,1H3,(H2,18,19,21,23). The number of imide groups is 1. The first-order chi connectivity index (χ1) is 12.5. The van der Waals surface area contributed by atoms with Crippen LogP contribution in [-0.2, 0) is 27.4 Å². The number of nitrogens with one attached hydrogen (secondary N) is 2. The molecule has 8 nitrogen and oxygen atoms in total. The Kier molecular flexibility index (Phi) is 7.10. The van der Waals surface area contributed by atoms with Gasteiger partial charge in [-0.2, -0.15) is 0 Å². The van der Waals surface area contributed by atoms with Crippen molar-refractivity contribution in [3.05, 3.63) is 56.6 Å². The first-order valence-corrected chi connectivity index (χ1v) is 8.76. The van der Waals surface area contributed by atoms with E-state index >= 15 is 0 Å². The van der Waals surface area contributed by atoms with E-state index in [0.29, 0.717) is 0 Å². The van der Waals surface area contributed by atoms with Gasteiger partial charge in [0, 0.05) is 24.2 Å². The fourth-order valence-corrected chi connectivity index (χ4v) is 2.84. The van der Waals surface area contributed by atoms with Gasteiger partial charge < -0.3 is 14.6 Å². The number of ether oxygens (including phenoxy) is 1. The highest BCUT2D eigenvalue weighted by atomic mass is 32.1. The Morgan fingerprint density at radius 1 is 1.19 bits per heavy atom. The van der Waals surface area contributed by atoms with Crippen molar-refractivity contribution in [2.75, 3.05) is 6.61 Å². The van der Waals surface area contributed by atoms with Gasteiger partial charge in [0.1, 0.15) is 0 Å². The van der Waals surface area contributed by atoms with Gasteiger partial charge in [0.05, 0.1) is 6.42 Å². The fourth-order valence-electron chi connectivity index (χ4n) is 2.08. The van der Waals surface area contributed by atoms with Crippen LogP contribution in [0.1, 0.15) is 17.7 Å². The average molecular weight is 377 g/mol. The molecule has 0 aliphatic heterocycles. The van der Waals surface area contributed by atoms with E-state index in [9.17, 15) is 19.2 Å². The van der Waals surface area contributed by atoms with Crippen molar-refractivity contribution < 1.29 is 19.1 Å². The molecular weight excluding hydrogens is 358 g/mol. The van der Waals surface area contributed by atoms with E-state index in [0.717, 1.165) is 22.6 Å². The molecule has 2 N–H and O–H groups in total. The largest absolute Gasteiger partial charge is 0.456 e. The number of thiazole rings is 1. The molecule has 0 aliphatic rings. The zero-order chi connectivity index (χ0) is 18.9. The molecule has 0 fully saturated rings. The third-order valence-electron chi connectivity index (χ3n) is 3.43. The van der Waals surface area contributed by atoms with Gasteiger partial charge in [0.15, 0.2) is 6.61 Å². The minimum Gasteiger partial charge on any atom is -0.456 e. The zero-order valence-electron chi connectivity index (χ0n) is 14.2. The Morgan fingerprint density at radius 3 is 2.58 bits per heavy atom. The van der Waals surface area contributed by atoms with Crippen LogP contribution in [-0.4, -0.2) is 29.1 Å². The number of aromatic nitrogens is 1. The smallest absolute Gasteiger partial charge is 0.321 e. The highest BCUT2D eigenvalue weighted by Crippen LogP contribution is 2.01. The SMILES string of the molecule is Cc1csc(=O)n1CCC(=O)OCC(=O)NC(=O)NCc1ccccc1. The Hall–Kier alpha value is -2.94. The molecular formula is C17H19N3O5S. The summed E-state index contributed by atoms with van der Waals surface area (Å²) in [6.07, 6.45) is -0.0367. The summed E-state index contributed by atoms with van der Waals surface area (Å²) in [7, 11) is 0. The van der Waals surface area contributed by atoms with Crippen molar-refractivity contribution in [1.82, 2.24) is 15.2 Å². The van der Waals surface area contributed by atoms with Gasteiger partial charge in [-0.1, -0.05) is 41.7 Å². The third kappa shape index (κ3) is 6.17. The summed E-state index contributed by atoms with van der Waals surface area (Å²) in [5, 5.41) is 6.30. The van der Waals surface area contributed by atoms with Crippen molar-refractivity contribution in [1.29, 1.82) is 0 Å². The predicted octanol–water partition coefficient (Wildman–Crippen LogP) is 1.18. The molecule has 0 saturated heterocycles. The highest BCUT2D eigenvalue weighted by Gasteiger charge is 2.12. The van der Waals surface area contributed by atoms with Gasteiger partial charge in [-0.3, -0.25) is 19.7 Å². The molecule has 3 amide bonds. The Morgan fingerprint density at radius 2 is 1.92 bits per heavy atom. The summed E-state index contributed by atoms with van der Waals surface area (Å²) >= 11 is 1.06. The minimum atomic E-state index is -0.729. The summed E-state index contributed by atoms with van der Waals surface area (Å²) in [6, 6.07) is 8.54. The van der Waals surface area contributed by atoms with E-state index in [2.05, 4.69) is 10.6 Å². The van der Waals surface area contributed by atoms with Crippen LogP contribution in [0.2, 0.25) is 0 Å². The van der Waals surface area contributed by atoms with Crippen molar-refractivity contribution >= 4 is 29.2 Å². The van der Waals surface area contributed by atoms with Crippen LogP contribution in [0.15, 0.2) is 40.5 Å². The molecule has 0 saturated carbocycles. The lowest BCUT2D eigenvalue weighted by atomic mass is 10.2.